The molecule has 0 amide bonds. The van der Waals surface area contributed by atoms with Gasteiger partial charge >= 0.3 is 0 Å². The first-order valence-corrected chi connectivity index (χ1v) is 6.30. The van der Waals surface area contributed by atoms with Crippen LogP contribution in [0.25, 0.3) is 0 Å². The normalized spacial score (nSPS) is 17.0. The summed E-state index contributed by atoms with van der Waals surface area (Å²) in [6.45, 7) is 0. The average Bonchev–Trinajstić information content (AvgIpc) is 2.44. The number of hydrogen-bond donors (Lipinski definition) is 1. The Morgan fingerprint density at radius 3 is 1.95 bits per heavy atom. The van der Waals surface area contributed by atoms with Crippen LogP contribution in [-0.4, -0.2) is 5.11 Å². The van der Waals surface area contributed by atoms with Crippen LogP contribution in [0.5, 0.6) is 0 Å². The molecule has 0 spiro atoms. The van der Waals surface area contributed by atoms with Gasteiger partial charge in [-0.2, -0.15) is 0 Å². The van der Waals surface area contributed by atoms with Crippen LogP contribution in [0.2, 0.25) is 0 Å². The van der Waals surface area contributed by atoms with Gasteiger partial charge in [0.05, 0.1) is 11.7 Å². The fraction of sp³-hybridized carbons (Fsp3) is 0.429. The minimum Gasteiger partial charge on any atom is -0.388 e. The van der Waals surface area contributed by atoms with Crippen LogP contribution in [0.1, 0.15) is 43.8 Å². The monoisotopic (exact) mass is 292 g/mol. The summed E-state index contributed by atoms with van der Waals surface area (Å²) < 4.78 is 66.0. The molecule has 1 unspecified atom stereocenters. The summed E-state index contributed by atoms with van der Waals surface area (Å²) in [7, 11) is 0. The number of aliphatic hydroxyl groups excluding tert-OH is 1. The van der Waals surface area contributed by atoms with E-state index < -0.39 is 40.8 Å². The van der Waals surface area contributed by atoms with E-state index in [1.54, 1.807) is 0 Å². The maximum atomic E-state index is 13.5. The third kappa shape index (κ3) is 2.70. The molecule has 1 N–H and O–H groups in total. The highest BCUT2D eigenvalue weighted by atomic mass is 19.2. The maximum absolute atomic E-state index is 13.5. The number of aliphatic hydroxyl groups is 1. The Kier molecular flexibility index (Phi) is 4.42. The van der Waals surface area contributed by atoms with Gasteiger partial charge in [-0.15, -0.1) is 0 Å². The van der Waals surface area contributed by atoms with Gasteiger partial charge in [0.2, 0.25) is 5.82 Å². The van der Waals surface area contributed by atoms with Gasteiger partial charge in [0.15, 0.2) is 23.3 Å². The molecule has 2 rings (SSSR count). The molecule has 110 valence electrons. The van der Waals surface area contributed by atoms with E-state index in [-0.39, 0.29) is 6.42 Å². The molecule has 1 atom stereocenters. The Labute approximate surface area is 112 Å². The van der Waals surface area contributed by atoms with Gasteiger partial charge in [-0.1, -0.05) is 11.6 Å². The van der Waals surface area contributed by atoms with E-state index in [0.29, 0.717) is 6.42 Å². The molecule has 6 heteroatoms. The van der Waals surface area contributed by atoms with Gasteiger partial charge in [0.1, 0.15) is 0 Å². The Hall–Kier alpha value is -1.43. The second-order valence-corrected chi connectivity index (χ2v) is 4.81. The van der Waals surface area contributed by atoms with Crippen molar-refractivity contribution in [1.29, 1.82) is 0 Å². The summed E-state index contributed by atoms with van der Waals surface area (Å²) in [5.41, 5.74) is -0.388. The van der Waals surface area contributed by atoms with Crippen molar-refractivity contribution in [3.05, 3.63) is 46.3 Å². The van der Waals surface area contributed by atoms with Crippen molar-refractivity contribution in [3.8, 4) is 0 Å². The number of halogens is 5. The maximum Gasteiger partial charge on any atom is 0.200 e. The van der Waals surface area contributed by atoms with Crippen LogP contribution >= 0.6 is 0 Å². The van der Waals surface area contributed by atoms with Crippen LogP contribution in [0.4, 0.5) is 22.0 Å². The zero-order valence-corrected chi connectivity index (χ0v) is 10.5. The molecule has 0 saturated heterocycles. The van der Waals surface area contributed by atoms with Crippen molar-refractivity contribution < 1.29 is 27.1 Å². The van der Waals surface area contributed by atoms with Crippen molar-refractivity contribution in [3.63, 3.8) is 0 Å². The molecule has 1 aliphatic rings. The summed E-state index contributed by atoms with van der Waals surface area (Å²) in [5, 5.41) is 9.80. The van der Waals surface area contributed by atoms with Crippen LogP contribution in [0, 0.1) is 29.1 Å². The highest BCUT2D eigenvalue weighted by molar-refractivity contribution is 5.27. The lowest BCUT2D eigenvalue weighted by Crippen LogP contribution is -2.12. The predicted molar refractivity (Wildman–Crippen MR) is 62.4 cm³/mol. The minimum absolute atomic E-state index is 0.127. The summed E-state index contributed by atoms with van der Waals surface area (Å²) >= 11 is 0. The smallest absolute Gasteiger partial charge is 0.200 e. The van der Waals surface area contributed by atoms with Gasteiger partial charge in [-0.25, -0.2) is 22.0 Å². The van der Waals surface area contributed by atoms with E-state index in [1.807, 2.05) is 6.08 Å². The molecule has 20 heavy (non-hydrogen) atoms. The molecule has 0 saturated carbocycles. The molecule has 1 nitrogen and oxygen atoms in total. The molecule has 0 heterocycles. The van der Waals surface area contributed by atoms with E-state index in [2.05, 4.69) is 0 Å². The largest absolute Gasteiger partial charge is 0.388 e. The van der Waals surface area contributed by atoms with Gasteiger partial charge in [0.25, 0.3) is 0 Å². The van der Waals surface area contributed by atoms with E-state index >= 15 is 0 Å². The van der Waals surface area contributed by atoms with Crippen LogP contribution in [0.15, 0.2) is 11.6 Å². The number of hydrogen-bond acceptors (Lipinski definition) is 1. The predicted octanol–water partition coefficient (Wildman–Crippen LogP) is 4.31. The molecule has 0 aromatic heterocycles. The van der Waals surface area contributed by atoms with Crippen molar-refractivity contribution >= 4 is 0 Å². The molecular weight excluding hydrogens is 279 g/mol. The van der Waals surface area contributed by atoms with Crippen LogP contribution in [0.3, 0.4) is 0 Å². The van der Waals surface area contributed by atoms with Gasteiger partial charge in [-0.05, 0) is 32.1 Å². The van der Waals surface area contributed by atoms with Crippen molar-refractivity contribution in [2.45, 2.75) is 38.2 Å². The molecule has 0 aliphatic heterocycles. The fourth-order valence-corrected chi connectivity index (χ4v) is 2.35. The van der Waals surface area contributed by atoms with E-state index in [9.17, 15) is 27.1 Å². The van der Waals surface area contributed by atoms with E-state index in [0.717, 1.165) is 24.8 Å². The van der Waals surface area contributed by atoms with Crippen molar-refractivity contribution in [2.24, 2.45) is 0 Å². The standard InChI is InChI=1S/C14H13F5O/c15-10-9(11(16)13(18)14(19)12(10)17)8(20)6-7-4-2-1-3-5-7/h4,8,20H,1-3,5-6H2. The third-order valence-electron chi connectivity index (χ3n) is 3.42. The lowest BCUT2D eigenvalue weighted by Gasteiger charge is -2.18. The van der Waals surface area contributed by atoms with E-state index in [4.69, 9.17) is 0 Å². The third-order valence-corrected chi connectivity index (χ3v) is 3.42. The highest BCUT2D eigenvalue weighted by Crippen LogP contribution is 2.33. The number of benzene rings is 1. The van der Waals surface area contributed by atoms with Gasteiger partial charge in [-0.3, -0.25) is 0 Å². The first-order valence-electron chi connectivity index (χ1n) is 6.30. The van der Waals surface area contributed by atoms with Crippen molar-refractivity contribution in [1.82, 2.24) is 0 Å². The average molecular weight is 292 g/mol. The summed E-state index contributed by atoms with van der Waals surface area (Å²) in [5.74, 6) is -10.2. The molecule has 0 radical (unpaired) electrons. The number of allylic oxidation sites excluding steroid dienone is 1. The molecule has 0 fully saturated rings. The SMILES string of the molecule is OC(CC1=CCCCC1)c1c(F)c(F)c(F)c(F)c1F. The first kappa shape index (κ1) is 15.0. The van der Waals surface area contributed by atoms with Gasteiger partial charge < -0.3 is 5.11 Å². The molecule has 1 aromatic carbocycles. The van der Waals surface area contributed by atoms with E-state index in [1.165, 1.54) is 0 Å². The Bertz CT molecular complexity index is 524. The Morgan fingerprint density at radius 1 is 0.900 bits per heavy atom. The molecule has 1 aliphatic carbocycles. The second-order valence-electron chi connectivity index (χ2n) is 4.81. The lowest BCUT2D eigenvalue weighted by molar-refractivity contribution is 0.162. The second kappa shape index (κ2) is 5.91. The van der Waals surface area contributed by atoms with Crippen LogP contribution in [-0.2, 0) is 0 Å². The molecular formula is C14H13F5O. The zero-order chi connectivity index (χ0) is 14.9. The van der Waals surface area contributed by atoms with Crippen LogP contribution < -0.4 is 0 Å². The topological polar surface area (TPSA) is 20.2 Å². The molecule has 0 bridgehead atoms. The fourth-order valence-electron chi connectivity index (χ4n) is 2.35. The summed E-state index contributed by atoms with van der Waals surface area (Å²) in [6.07, 6.45) is 3.28. The zero-order valence-electron chi connectivity index (χ0n) is 10.5. The molecule has 1 aromatic rings. The Balaban J connectivity index is 2.34. The minimum atomic E-state index is -2.21. The lowest BCUT2D eigenvalue weighted by atomic mass is 9.92. The van der Waals surface area contributed by atoms with Crippen molar-refractivity contribution in [2.75, 3.05) is 0 Å². The first-order chi connectivity index (χ1) is 9.43. The quantitative estimate of drug-likeness (QED) is 0.381. The summed E-state index contributed by atoms with van der Waals surface area (Å²) in [4.78, 5) is 0. The van der Waals surface area contributed by atoms with Gasteiger partial charge in [0, 0.05) is 0 Å². The highest BCUT2D eigenvalue weighted by Gasteiger charge is 2.29. The Morgan fingerprint density at radius 2 is 1.45 bits per heavy atom. The summed E-state index contributed by atoms with van der Waals surface area (Å²) in [6, 6.07) is 0. The number of rotatable bonds is 3.